The van der Waals surface area contributed by atoms with Crippen LogP contribution in [0, 0.1) is 6.92 Å². The van der Waals surface area contributed by atoms with E-state index < -0.39 is 11.8 Å². The quantitative estimate of drug-likeness (QED) is 0.853. The molecule has 1 saturated heterocycles. The van der Waals surface area contributed by atoms with Gasteiger partial charge in [-0.2, -0.15) is 5.10 Å². The second-order valence-corrected chi connectivity index (χ2v) is 6.30. The lowest BCUT2D eigenvalue weighted by molar-refractivity contribution is -0.146. The van der Waals surface area contributed by atoms with Gasteiger partial charge in [0.05, 0.1) is 11.7 Å². The molecule has 2 aromatic heterocycles. The topological polar surface area (TPSA) is 72.2 Å². The van der Waals surface area contributed by atoms with E-state index in [0.29, 0.717) is 12.4 Å². The number of amides is 2. The van der Waals surface area contributed by atoms with Crippen LogP contribution in [0.1, 0.15) is 36.7 Å². The van der Waals surface area contributed by atoms with E-state index >= 15 is 0 Å². The number of hydrogen-bond donors (Lipinski definition) is 1. The zero-order valence-electron chi connectivity index (χ0n) is 14.3. The molecule has 1 atom stereocenters. The number of hydrogen-bond acceptors (Lipinski definition) is 3. The fourth-order valence-electron chi connectivity index (χ4n) is 3.33. The first kappa shape index (κ1) is 16.3. The molecule has 0 saturated carbocycles. The Morgan fingerprint density at radius 2 is 2.08 bits per heavy atom. The van der Waals surface area contributed by atoms with E-state index in [1.807, 2.05) is 36.9 Å². The van der Waals surface area contributed by atoms with Crippen molar-refractivity contribution >= 4 is 17.6 Å². The Kier molecular flexibility index (Phi) is 4.42. The van der Waals surface area contributed by atoms with Gasteiger partial charge < -0.3 is 14.8 Å². The third kappa shape index (κ3) is 3.06. The van der Waals surface area contributed by atoms with E-state index in [1.165, 1.54) is 0 Å². The monoisotopic (exact) mass is 329 g/mol. The van der Waals surface area contributed by atoms with Crippen molar-refractivity contribution in [1.29, 1.82) is 0 Å². The van der Waals surface area contributed by atoms with Crippen LogP contribution >= 0.6 is 0 Å². The third-order valence-electron chi connectivity index (χ3n) is 4.53. The molecular weight excluding hydrogens is 306 g/mol. The summed E-state index contributed by atoms with van der Waals surface area (Å²) in [6.45, 7) is 2.44. The zero-order chi connectivity index (χ0) is 17.3. The lowest BCUT2D eigenvalue weighted by Gasteiger charge is -2.35. The molecule has 2 amide bonds. The van der Waals surface area contributed by atoms with Crippen LogP contribution in [-0.4, -0.2) is 37.6 Å². The van der Waals surface area contributed by atoms with E-state index in [0.717, 1.165) is 30.7 Å². The van der Waals surface area contributed by atoms with Crippen molar-refractivity contribution in [2.24, 2.45) is 14.1 Å². The number of nitrogens with one attached hydrogen (secondary N) is 1. The lowest BCUT2D eigenvalue weighted by atomic mass is 9.99. The summed E-state index contributed by atoms with van der Waals surface area (Å²) in [6.07, 6.45) is 4.82. The summed E-state index contributed by atoms with van der Waals surface area (Å²) in [4.78, 5) is 26.8. The fourth-order valence-corrected chi connectivity index (χ4v) is 3.33. The number of piperidine rings is 1. The number of anilines is 1. The number of rotatable bonds is 2. The second kappa shape index (κ2) is 6.51. The van der Waals surface area contributed by atoms with Gasteiger partial charge in [-0.05, 0) is 38.3 Å². The first-order valence-corrected chi connectivity index (χ1v) is 8.21. The summed E-state index contributed by atoms with van der Waals surface area (Å²) < 4.78 is 3.57. The number of likely N-dealkylation sites (tertiary alicyclic amines) is 1. The molecule has 128 valence electrons. The first-order chi connectivity index (χ1) is 11.5. The van der Waals surface area contributed by atoms with Crippen molar-refractivity contribution in [2.75, 3.05) is 11.9 Å². The van der Waals surface area contributed by atoms with Crippen LogP contribution in [0.15, 0.2) is 24.4 Å². The number of aromatic nitrogens is 3. The molecule has 24 heavy (non-hydrogen) atoms. The van der Waals surface area contributed by atoms with Gasteiger partial charge in [-0.1, -0.05) is 0 Å². The highest BCUT2D eigenvalue weighted by Crippen LogP contribution is 2.31. The molecule has 1 aliphatic heterocycles. The molecule has 3 heterocycles. The van der Waals surface area contributed by atoms with Crippen LogP contribution < -0.4 is 5.32 Å². The normalized spacial score (nSPS) is 17.8. The molecule has 2 aromatic rings. The fraction of sp³-hybridized carbons (Fsp3) is 0.471. The minimum atomic E-state index is -0.612. The highest BCUT2D eigenvalue weighted by Gasteiger charge is 2.33. The van der Waals surface area contributed by atoms with Gasteiger partial charge in [-0.15, -0.1) is 0 Å². The molecule has 1 aliphatic rings. The average molecular weight is 329 g/mol. The van der Waals surface area contributed by atoms with Gasteiger partial charge in [0, 0.05) is 38.6 Å². The summed E-state index contributed by atoms with van der Waals surface area (Å²) >= 11 is 0. The van der Waals surface area contributed by atoms with Crippen LogP contribution in [0.2, 0.25) is 0 Å². The van der Waals surface area contributed by atoms with Crippen molar-refractivity contribution in [2.45, 2.75) is 32.2 Å². The van der Waals surface area contributed by atoms with E-state index in [9.17, 15) is 9.59 Å². The maximum atomic E-state index is 12.7. The Morgan fingerprint density at radius 1 is 1.29 bits per heavy atom. The van der Waals surface area contributed by atoms with Crippen LogP contribution in [0.25, 0.3) is 0 Å². The van der Waals surface area contributed by atoms with Gasteiger partial charge in [0.15, 0.2) is 0 Å². The summed E-state index contributed by atoms with van der Waals surface area (Å²) in [5.41, 5.74) is 1.85. The molecule has 7 nitrogen and oxygen atoms in total. The maximum Gasteiger partial charge on any atom is 0.315 e. The van der Waals surface area contributed by atoms with Gasteiger partial charge in [0.1, 0.15) is 5.82 Å². The smallest absolute Gasteiger partial charge is 0.315 e. The molecule has 3 rings (SSSR count). The predicted molar refractivity (Wildman–Crippen MR) is 90.3 cm³/mol. The number of carbonyl (C=O) groups excluding carboxylic acids is 2. The minimum Gasteiger partial charge on any atom is -0.353 e. The standard InChI is InChI=1S/C17H23N5O2/c1-12-11-15(21(3)19-12)18-16(23)17(24)22-10-5-4-7-14(22)13-8-6-9-20(13)2/h6,8-9,11,14H,4-5,7,10H2,1-3H3,(H,18,23)/t14-/m1/s1. The van der Waals surface area contributed by atoms with Crippen molar-refractivity contribution in [3.8, 4) is 0 Å². The van der Waals surface area contributed by atoms with E-state index in [1.54, 1.807) is 22.7 Å². The predicted octanol–water partition coefficient (Wildman–Crippen LogP) is 1.76. The molecule has 0 bridgehead atoms. The number of aryl methyl sites for hydroxylation is 3. The molecule has 0 unspecified atom stereocenters. The first-order valence-electron chi connectivity index (χ1n) is 8.21. The molecule has 1 fully saturated rings. The SMILES string of the molecule is Cc1cc(NC(=O)C(=O)N2CCCC[C@@H]2c2cccn2C)n(C)n1. The zero-order valence-corrected chi connectivity index (χ0v) is 14.3. The molecule has 7 heteroatoms. The van der Waals surface area contributed by atoms with Crippen LogP contribution in [0.4, 0.5) is 5.82 Å². The third-order valence-corrected chi connectivity index (χ3v) is 4.53. The van der Waals surface area contributed by atoms with Crippen molar-refractivity contribution in [3.05, 3.63) is 35.8 Å². The number of nitrogens with zero attached hydrogens (tertiary/aromatic N) is 4. The van der Waals surface area contributed by atoms with E-state index in [4.69, 9.17) is 0 Å². The molecule has 0 spiro atoms. The van der Waals surface area contributed by atoms with E-state index in [-0.39, 0.29) is 6.04 Å². The Bertz CT molecular complexity index is 761. The molecule has 1 N–H and O–H groups in total. The van der Waals surface area contributed by atoms with Gasteiger partial charge in [-0.3, -0.25) is 14.3 Å². The summed E-state index contributed by atoms with van der Waals surface area (Å²) in [6, 6.07) is 5.67. The van der Waals surface area contributed by atoms with Gasteiger partial charge >= 0.3 is 11.8 Å². The average Bonchev–Trinajstić information content (AvgIpc) is 3.12. The number of carbonyl (C=O) groups is 2. The highest BCUT2D eigenvalue weighted by atomic mass is 16.2. The molecule has 0 aliphatic carbocycles. The van der Waals surface area contributed by atoms with Gasteiger partial charge in [0.2, 0.25) is 0 Å². The molecular formula is C17H23N5O2. The highest BCUT2D eigenvalue weighted by molar-refractivity contribution is 6.39. The van der Waals surface area contributed by atoms with Gasteiger partial charge in [0.25, 0.3) is 0 Å². The Hall–Kier alpha value is -2.57. The Labute approximate surface area is 141 Å². The van der Waals surface area contributed by atoms with Crippen molar-refractivity contribution in [3.63, 3.8) is 0 Å². The van der Waals surface area contributed by atoms with Gasteiger partial charge in [-0.25, -0.2) is 0 Å². The van der Waals surface area contributed by atoms with Crippen LogP contribution in [0.3, 0.4) is 0 Å². The Morgan fingerprint density at radius 3 is 2.71 bits per heavy atom. The lowest BCUT2D eigenvalue weighted by Crippen LogP contribution is -2.45. The molecule has 0 aromatic carbocycles. The van der Waals surface area contributed by atoms with Crippen molar-refractivity contribution < 1.29 is 9.59 Å². The van der Waals surface area contributed by atoms with Crippen LogP contribution in [-0.2, 0) is 23.7 Å². The molecule has 0 radical (unpaired) electrons. The largest absolute Gasteiger partial charge is 0.353 e. The second-order valence-electron chi connectivity index (χ2n) is 6.30. The van der Waals surface area contributed by atoms with E-state index in [2.05, 4.69) is 10.4 Å². The minimum absolute atomic E-state index is 0.0507. The maximum absolute atomic E-state index is 12.7. The summed E-state index contributed by atoms with van der Waals surface area (Å²) in [5.74, 6) is -0.572. The summed E-state index contributed by atoms with van der Waals surface area (Å²) in [7, 11) is 3.70. The van der Waals surface area contributed by atoms with Crippen molar-refractivity contribution in [1.82, 2.24) is 19.2 Å². The van der Waals surface area contributed by atoms with Crippen LogP contribution in [0.5, 0.6) is 0 Å². The Balaban J connectivity index is 1.77. The summed E-state index contributed by atoms with van der Waals surface area (Å²) in [5, 5.41) is 6.85.